The first-order chi connectivity index (χ1) is 10.5. The molecule has 1 aliphatic heterocycles. The highest BCUT2D eigenvalue weighted by Crippen LogP contribution is 2.19. The molecule has 1 aromatic rings. The standard InChI is InChI=1S/C15H19N3O4/c16-15(22)18-8-4-7-11(9-18)13(19)17-12(14(20)21)10-5-2-1-3-6-10/h1-3,5-6,11-12H,4,7-9H2,(H2,16,22)(H,17,19)(H,20,21)/t11?,12-/m0/s1. The quantitative estimate of drug-likeness (QED) is 0.760. The van der Waals surface area contributed by atoms with Crippen molar-refractivity contribution in [1.29, 1.82) is 0 Å². The Morgan fingerprint density at radius 3 is 2.55 bits per heavy atom. The number of rotatable bonds is 4. The van der Waals surface area contributed by atoms with Crippen molar-refractivity contribution in [3.63, 3.8) is 0 Å². The number of aliphatic carboxylic acids is 1. The van der Waals surface area contributed by atoms with Crippen LogP contribution in [-0.4, -0.2) is 41.0 Å². The van der Waals surface area contributed by atoms with Gasteiger partial charge in [-0.05, 0) is 18.4 Å². The van der Waals surface area contributed by atoms with E-state index in [4.69, 9.17) is 5.73 Å². The molecule has 1 saturated heterocycles. The summed E-state index contributed by atoms with van der Waals surface area (Å²) in [7, 11) is 0. The average molecular weight is 305 g/mol. The SMILES string of the molecule is NC(=O)N1CCCC(C(=O)N[C@H](C(=O)O)c2ccccc2)C1. The van der Waals surface area contributed by atoms with E-state index in [9.17, 15) is 19.5 Å². The molecule has 1 heterocycles. The van der Waals surface area contributed by atoms with Gasteiger partial charge in [-0.3, -0.25) is 4.79 Å². The number of likely N-dealkylation sites (tertiary alicyclic amines) is 1. The number of nitrogens with zero attached hydrogens (tertiary/aromatic N) is 1. The van der Waals surface area contributed by atoms with Crippen LogP contribution in [0.3, 0.4) is 0 Å². The Morgan fingerprint density at radius 1 is 1.27 bits per heavy atom. The number of amides is 3. The van der Waals surface area contributed by atoms with Crippen molar-refractivity contribution in [3.05, 3.63) is 35.9 Å². The molecule has 4 N–H and O–H groups in total. The van der Waals surface area contributed by atoms with Gasteiger partial charge in [0.15, 0.2) is 6.04 Å². The number of hydrogen-bond acceptors (Lipinski definition) is 3. The van der Waals surface area contributed by atoms with Crippen LogP contribution >= 0.6 is 0 Å². The summed E-state index contributed by atoms with van der Waals surface area (Å²) in [4.78, 5) is 36.3. The summed E-state index contributed by atoms with van der Waals surface area (Å²) in [6.07, 6.45) is 1.28. The lowest BCUT2D eigenvalue weighted by Crippen LogP contribution is -2.48. The van der Waals surface area contributed by atoms with Gasteiger partial charge in [0.2, 0.25) is 5.91 Å². The van der Waals surface area contributed by atoms with E-state index in [2.05, 4.69) is 5.32 Å². The van der Waals surface area contributed by atoms with Gasteiger partial charge < -0.3 is 21.1 Å². The van der Waals surface area contributed by atoms with Crippen LogP contribution in [0.4, 0.5) is 4.79 Å². The van der Waals surface area contributed by atoms with Crippen molar-refractivity contribution >= 4 is 17.9 Å². The summed E-state index contributed by atoms with van der Waals surface area (Å²) in [5, 5.41) is 11.9. The number of primary amides is 1. The highest BCUT2D eigenvalue weighted by Gasteiger charge is 2.30. The highest BCUT2D eigenvalue weighted by molar-refractivity contribution is 5.86. The summed E-state index contributed by atoms with van der Waals surface area (Å²) < 4.78 is 0. The Kier molecular flexibility index (Phi) is 4.98. The number of nitrogens with one attached hydrogen (secondary N) is 1. The molecule has 7 nitrogen and oxygen atoms in total. The molecule has 0 radical (unpaired) electrons. The number of carbonyl (C=O) groups excluding carboxylic acids is 2. The van der Waals surface area contributed by atoms with Gasteiger partial charge in [0, 0.05) is 13.1 Å². The first-order valence-electron chi connectivity index (χ1n) is 7.11. The molecular weight excluding hydrogens is 286 g/mol. The lowest BCUT2D eigenvalue weighted by atomic mass is 9.96. The lowest BCUT2D eigenvalue weighted by molar-refractivity contribution is -0.143. The van der Waals surface area contributed by atoms with Crippen LogP contribution in [0, 0.1) is 5.92 Å². The van der Waals surface area contributed by atoms with Crippen LogP contribution in [0.2, 0.25) is 0 Å². The van der Waals surface area contributed by atoms with E-state index in [0.29, 0.717) is 24.9 Å². The molecule has 2 rings (SSSR count). The van der Waals surface area contributed by atoms with Crippen LogP contribution in [0.1, 0.15) is 24.4 Å². The van der Waals surface area contributed by atoms with Crippen LogP contribution in [-0.2, 0) is 9.59 Å². The van der Waals surface area contributed by atoms with E-state index in [1.54, 1.807) is 30.3 Å². The van der Waals surface area contributed by atoms with Crippen molar-refractivity contribution in [2.45, 2.75) is 18.9 Å². The van der Waals surface area contributed by atoms with Crippen LogP contribution < -0.4 is 11.1 Å². The van der Waals surface area contributed by atoms with E-state index < -0.39 is 24.0 Å². The molecule has 1 unspecified atom stereocenters. The molecule has 1 fully saturated rings. The normalized spacial score (nSPS) is 19.3. The van der Waals surface area contributed by atoms with Gasteiger partial charge in [-0.15, -0.1) is 0 Å². The van der Waals surface area contributed by atoms with E-state index in [1.807, 2.05) is 0 Å². The molecule has 2 atom stereocenters. The predicted octanol–water partition coefficient (Wildman–Crippen LogP) is 0.719. The van der Waals surface area contributed by atoms with Crippen molar-refractivity contribution < 1.29 is 19.5 Å². The molecule has 0 aromatic heterocycles. The number of carboxylic acids is 1. The first-order valence-corrected chi connectivity index (χ1v) is 7.11. The fourth-order valence-electron chi connectivity index (χ4n) is 2.58. The Morgan fingerprint density at radius 2 is 1.95 bits per heavy atom. The highest BCUT2D eigenvalue weighted by atomic mass is 16.4. The Labute approximate surface area is 128 Å². The molecule has 0 bridgehead atoms. The minimum atomic E-state index is -1.12. The Bertz CT molecular complexity index is 561. The van der Waals surface area contributed by atoms with Crippen molar-refractivity contribution in [2.24, 2.45) is 11.7 Å². The second-order valence-corrected chi connectivity index (χ2v) is 5.31. The van der Waals surface area contributed by atoms with Gasteiger partial charge >= 0.3 is 12.0 Å². The number of piperidine rings is 1. The zero-order chi connectivity index (χ0) is 16.1. The summed E-state index contributed by atoms with van der Waals surface area (Å²) in [6.45, 7) is 0.752. The Hall–Kier alpha value is -2.57. The zero-order valence-corrected chi connectivity index (χ0v) is 12.1. The van der Waals surface area contributed by atoms with Crippen LogP contribution in [0.5, 0.6) is 0 Å². The number of hydrogen-bond donors (Lipinski definition) is 3. The molecule has 7 heteroatoms. The van der Waals surface area contributed by atoms with E-state index in [-0.39, 0.29) is 12.5 Å². The second-order valence-electron chi connectivity index (χ2n) is 5.31. The lowest BCUT2D eigenvalue weighted by Gasteiger charge is -2.31. The number of nitrogens with two attached hydrogens (primary N) is 1. The maximum absolute atomic E-state index is 12.3. The summed E-state index contributed by atoms with van der Waals surface area (Å²) in [6, 6.07) is 6.84. The molecule has 0 spiro atoms. The third-order valence-corrected chi connectivity index (χ3v) is 3.77. The third-order valence-electron chi connectivity index (χ3n) is 3.77. The van der Waals surface area contributed by atoms with E-state index in [0.717, 1.165) is 0 Å². The summed E-state index contributed by atoms with van der Waals surface area (Å²) >= 11 is 0. The number of carboxylic acid groups (broad SMARTS) is 1. The average Bonchev–Trinajstić information content (AvgIpc) is 2.53. The second kappa shape index (κ2) is 6.93. The van der Waals surface area contributed by atoms with Gasteiger partial charge in [0.1, 0.15) is 0 Å². The maximum Gasteiger partial charge on any atom is 0.330 e. The minimum Gasteiger partial charge on any atom is -0.479 e. The van der Waals surface area contributed by atoms with Gasteiger partial charge in [0.05, 0.1) is 5.92 Å². The molecular formula is C15H19N3O4. The van der Waals surface area contributed by atoms with Gasteiger partial charge in [0.25, 0.3) is 0 Å². The smallest absolute Gasteiger partial charge is 0.330 e. The minimum absolute atomic E-state index is 0.224. The van der Waals surface area contributed by atoms with Crippen molar-refractivity contribution in [1.82, 2.24) is 10.2 Å². The van der Waals surface area contributed by atoms with Crippen LogP contribution in [0.25, 0.3) is 0 Å². The number of carbonyl (C=O) groups is 3. The third kappa shape index (κ3) is 3.75. The zero-order valence-electron chi connectivity index (χ0n) is 12.1. The first kappa shape index (κ1) is 15.8. The van der Waals surface area contributed by atoms with Crippen molar-refractivity contribution in [2.75, 3.05) is 13.1 Å². The van der Waals surface area contributed by atoms with Gasteiger partial charge in [-0.1, -0.05) is 30.3 Å². The molecule has 22 heavy (non-hydrogen) atoms. The summed E-state index contributed by atoms with van der Waals surface area (Å²) in [5.41, 5.74) is 5.74. The molecule has 0 saturated carbocycles. The molecule has 1 aromatic carbocycles. The largest absolute Gasteiger partial charge is 0.479 e. The fraction of sp³-hybridized carbons (Fsp3) is 0.400. The number of urea groups is 1. The Balaban J connectivity index is 2.05. The number of benzene rings is 1. The van der Waals surface area contributed by atoms with Gasteiger partial charge in [-0.2, -0.15) is 0 Å². The molecule has 0 aliphatic carbocycles. The fourth-order valence-corrected chi connectivity index (χ4v) is 2.58. The van der Waals surface area contributed by atoms with E-state index in [1.165, 1.54) is 4.90 Å². The molecule has 1 aliphatic rings. The van der Waals surface area contributed by atoms with Crippen molar-refractivity contribution in [3.8, 4) is 0 Å². The molecule has 118 valence electrons. The monoisotopic (exact) mass is 305 g/mol. The topological polar surface area (TPSA) is 113 Å². The van der Waals surface area contributed by atoms with Crippen LogP contribution in [0.15, 0.2) is 30.3 Å². The predicted molar refractivity (Wildman–Crippen MR) is 78.8 cm³/mol. The summed E-state index contributed by atoms with van der Waals surface area (Å²) in [5.74, 6) is -1.93. The maximum atomic E-state index is 12.3. The van der Waals surface area contributed by atoms with Gasteiger partial charge in [-0.25, -0.2) is 9.59 Å². The van der Waals surface area contributed by atoms with E-state index >= 15 is 0 Å². The molecule has 3 amide bonds.